The van der Waals surface area contributed by atoms with Crippen LogP contribution in [0.4, 0.5) is 0 Å². The number of aliphatic carboxylic acids is 1. The molecule has 0 bridgehead atoms. The lowest BCUT2D eigenvalue weighted by Crippen LogP contribution is -2.43. The Bertz CT molecular complexity index is 470. The van der Waals surface area contributed by atoms with E-state index >= 15 is 0 Å². The minimum absolute atomic E-state index is 0.144. The lowest BCUT2D eigenvalue weighted by atomic mass is 10.0. The number of carbonyl (C=O) groups excluding carboxylic acids is 1. The van der Waals surface area contributed by atoms with Gasteiger partial charge >= 0.3 is 5.97 Å². The highest BCUT2D eigenvalue weighted by Gasteiger charge is 2.38. The van der Waals surface area contributed by atoms with Crippen LogP contribution in [0.1, 0.15) is 14.5 Å². The van der Waals surface area contributed by atoms with Gasteiger partial charge in [-0.3, -0.25) is 9.59 Å². The van der Waals surface area contributed by atoms with Gasteiger partial charge in [0.1, 0.15) is 5.92 Å². The molecule has 0 saturated carbocycles. The maximum Gasteiger partial charge on any atom is 0.311 e. The SMILES string of the molecule is Cc1ccc(C(=O)N(C)C2COCC2C(=O)O)s1. The maximum absolute atomic E-state index is 12.2. The van der Waals surface area contributed by atoms with Crippen LogP contribution < -0.4 is 0 Å². The first-order valence-electron chi connectivity index (χ1n) is 5.65. The highest BCUT2D eigenvalue weighted by atomic mass is 32.1. The lowest BCUT2D eigenvalue weighted by Gasteiger charge is -2.25. The van der Waals surface area contributed by atoms with Gasteiger partial charge in [0, 0.05) is 11.9 Å². The van der Waals surface area contributed by atoms with Crippen molar-refractivity contribution >= 4 is 23.2 Å². The summed E-state index contributed by atoms with van der Waals surface area (Å²) < 4.78 is 5.17. The zero-order valence-corrected chi connectivity index (χ0v) is 11.1. The molecule has 98 valence electrons. The van der Waals surface area contributed by atoms with E-state index in [-0.39, 0.29) is 19.1 Å². The fraction of sp³-hybridized carbons (Fsp3) is 0.500. The first-order chi connectivity index (χ1) is 8.50. The third-order valence-corrected chi connectivity index (χ3v) is 4.13. The summed E-state index contributed by atoms with van der Waals surface area (Å²) in [6.45, 7) is 2.38. The van der Waals surface area contributed by atoms with Crippen molar-refractivity contribution < 1.29 is 19.4 Å². The number of carboxylic acids is 1. The zero-order chi connectivity index (χ0) is 13.3. The Kier molecular flexibility index (Phi) is 3.68. The van der Waals surface area contributed by atoms with E-state index in [0.29, 0.717) is 4.88 Å². The molecule has 18 heavy (non-hydrogen) atoms. The van der Waals surface area contributed by atoms with Crippen LogP contribution in [0.15, 0.2) is 12.1 Å². The molecule has 1 saturated heterocycles. The number of hydrogen-bond acceptors (Lipinski definition) is 4. The number of aryl methyl sites for hydroxylation is 1. The smallest absolute Gasteiger partial charge is 0.311 e. The minimum atomic E-state index is -0.917. The molecule has 0 aromatic carbocycles. The van der Waals surface area contributed by atoms with Crippen molar-refractivity contribution in [2.75, 3.05) is 20.3 Å². The van der Waals surface area contributed by atoms with E-state index in [4.69, 9.17) is 9.84 Å². The predicted molar refractivity (Wildman–Crippen MR) is 66.9 cm³/mol. The molecular formula is C12H15NO4S. The molecule has 1 N–H and O–H groups in total. The molecule has 2 atom stereocenters. The Labute approximate surface area is 109 Å². The Morgan fingerprint density at radius 2 is 2.17 bits per heavy atom. The summed E-state index contributed by atoms with van der Waals surface area (Å²) in [5, 5.41) is 9.07. The van der Waals surface area contributed by atoms with Crippen LogP contribution in [0.3, 0.4) is 0 Å². The van der Waals surface area contributed by atoms with Crippen LogP contribution in [0, 0.1) is 12.8 Å². The topological polar surface area (TPSA) is 66.8 Å². The van der Waals surface area contributed by atoms with Crippen LogP contribution in [-0.2, 0) is 9.53 Å². The molecule has 0 spiro atoms. The second-order valence-corrected chi connectivity index (χ2v) is 5.66. The molecule has 1 amide bonds. The third kappa shape index (κ3) is 2.39. The van der Waals surface area contributed by atoms with E-state index < -0.39 is 17.9 Å². The van der Waals surface area contributed by atoms with Gasteiger partial charge in [-0.2, -0.15) is 0 Å². The number of carbonyl (C=O) groups is 2. The summed E-state index contributed by atoms with van der Waals surface area (Å²) in [5.74, 6) is -1.70. The Hall–Kier alpha value is -1.40. The molecular weight excluding hydrogens is 254 g/mol. The molecule has 6 heteroatoms. The molecule has 0 aliphatic carbocycles. The fourth-order valence-electron chi connectivity index (χ4n) is 2.03. The normalized spacial score (nSPS) is 23.0. The quantitative estimate of drug-likeness (QED) is 0.896. The summed E-state index contributed by atoms with van der Waals surface area (Å²) in [7, 11) is 1.63. The molecule has 1 aliphatic rings. The Balaban J connectivity index is 2.13. The van der Waals surface area contributed by atoms with Crippen molar-refractivity contribution in [2.45, 2.75) is 13.0 Å². The minimum Gasteiger partial charge on any atom is -0.481 e. The van der Waals surface area contributed by atoms with Crippen molar-refractivity contribution in [3.05, 3.63) is 21.9 Å². The summed E-state index contributed by atoms with van der Waals surface area (Å²) in [6, 6.07) is 3.26. The highest BCUT2D eigenvalue weighted by Crippen LogP contribution is 2.23. The van der Waals surface area contributed by atoms with Crippen molar-refractivity contribution in [3.8, 4) is 0 Å². The first-order valence-corrected chi connectivity index (χ1v) is 6.46. The monoisotopic (exact) mass is 269 g/mol. The van der Waals surface area contributed by atoms with Crippen LogP contribution in [0.5, 0.6) is 0 Å². The van der Waals surface area contributed by atoms with Gasteiger partial charge in [0.15, 0.2) is 0 Å². The zero-order valence-electron chi connectivity index (χ0n) is 10.3. The van der Waals surface area contributed by atoms with Gasteiger partial charge in [-0.15, -0.1) is 11.3 Å². The molecule has 1 aromatic heterocycles. The number of rotatable bonds is 3. The van der Waals surface area contributed by atoms with E-state index in [1.54, 1.807) is 13.1 Å². The molecule has 0 radical (unpaired) electrons. The fourth-order valence-corrected chi connectivity index (χ4v) is 2.88. The number of nitrogens with zero attached hydrogens (tertiary/aromatic N) is 1. The van der Waals surface area contributed by atoms with Gasteiger partial charge in [-0.1, -0.05) is 0 Å². The standard InChI is InChI=1S/C12H15NO4S/c1-7-3-4-10(18-7)11(14)13(2)9-6-17-5-8(9)12(15)16/h3-4,8-9H,5-6H2,1-2H3,(H,15,16). The van der Waals surface area contributed by atoms with Gasteiger partial charge < -0.3 is 14.7 Å². The van der Waals surface area contributed by atoms with Gasteiger partial charge in [-0.25, -0.2) is 0 Å². The van der Waals surface area contributed by atoms with E-state index in [1.165, 1.54) is 16.2 Å². The average Bonchev–Trinajstić information content (AvgIpc) is 2.95. The number of carboxylic acid groups (broad SMARTS) is 1. The summed E-state index contributed by atoms with van der Waals surface area (Å²) in [6.07, 6.45) is 0. The largest absolute Gasteiger partial charge is 0.481 e. The number of ether oxygens (including phenoxy) is 1. The molecule has 1 aliphatic heterocycles. The van der Waals surface area contributed by atoms with Crippen LogP contribution in [0.2, 0.25) is 0 Å². The molecule has 2 rings (SSSR count). The van der Waals surface area contributed by atoms with Crippen LogP contribution >= 0.6 is 11.3 Å². The summed E-state index contributed by atoms with van der Waals surface area (Å²) in [5.41, 5.74) is 0. The molecule has 2 unspecified atom stereocenters. The molecule has 1 fully saturated rings. The predicted octanol–water partition coefficient (Wildman–Crippen LogP) is 1.23. The van der Waals surface area contributed by atoms with E-state index in [0.717, 1.165) is 4.88 Å². The first kappa shape index (κ1) is 13.0. The summed E-state index contributed by atoms with van der Waals surface area (Å²) >= 11 is 1.41. The second-order valence-electron chi connectivity index (χ2n) is 4.38. The average molecular weight is 269 g/mol. The van der Waals surface area contributed by atoms with E-state index in [1.807, 2.05) is 13.0 Å². The Morgan fingerprint density at radius 1 is 1.44 bits per heavy atom. The third-order valence-electron chi connectivity index (χ3n) is 3.14. The van der Waals surface area contributed by atoms with Crippen molar-refractivity contribution in [2.24, 2.45) is 5.92 Å². The molecule has 5 nitrogen and oxygen atoms in total. The van der Waals surface area contributed by atoms with Crippen molar-refractivity contribution in [3.63, 3.8) is 0 Å². The van der Waals surface area contributed by atoms with Crippen molar-refractivity contribution in [1.29, 1.82) is 0 Å². The number of thiophene rings is 1. The maximum atomic E-state index is 12.2. The van der Waals surface area contributed by atoms with Crippen LogP contribution in [-0.4, -0.2) is 48.2 Å². The molecule has 1 aromatic rings. The highest BCUT2D eigenvalue weighted by molar-refractivity contribution is 7.13. The number of hydrogen-bond donors (Lipinski definition) is 1. The van der Waals surface area contributed by atoms with Gasteiger partial charge in [0.2, 0.25) is 0 Å². The Morgan fingerprint density at radius 3 is 2.72 bits per heavy atom. The van der Waals surface area contributed by atoms with E-state index in [2.05, 4.69) is 0 Å². The number of amides is 1. The van der Waals surface area contributed by atoms with Gasteiger partial charge in [0.25, 0.3) is 5.91 Å². The number of likely N-dealkylation sites (N-methyl/N-ethyl adjacent to an activating group) is 1. The lowest BCUT2D eigenvalue weighted by molar-refractivity contribution is -0.142. The van der Waals surface area contributed by atoms with Gasteiger partial charge in [-0.05, 0) is 19.1 Å². The second kappa shape index (κ2) is 5.07. The molecule has 2 heterocycles. The van der Waals surface area contributed by atoms with E-state index in [9.17, 15) is 9.59 Å². The van der Waals surface area contributed by atoms with Crippen LogP contribution in [0.25, 0.3) is 0 Å². The van der Waals surface area contributed by atoms with Crippen molar-refractivity contribution in [1.82, 2.24) is 4.90 Å². The van der Waals surface area contributed by atoms with Gasteiger partial charge in [0.05, 0.1) is 24.1 Å². The summed E-state index contributed by atoms with van der Waals surface area (Å²) in [4.78, 5) is 26.4.